The molecule has 1 aromatic carbocycles. The Morgan fingerprint density at radius 2 is 1.74 bits per heavy atom. The van der Waals surface area contributed by atoms with Crippen molar-refractivity contribution in [2.75, 3.05) is 18.4 Å². The fraction of sp³-hybridized carbons (Fsp3) is 0.571. The molecule has 19 heavy (non-hydrogen) atoms. The van der Waals surface area contributed by atoms with Crippen molar-refractivity contribution in [2.45, 2.75) is 44.4 Å². The lowest BCUT2D eigenvalue weighted by molar-refractivity contribution is 0.576. The summed E-state index contributed by atoms with van der Waals surface area (Å²) in [7, 11) is -3.41. The number of para-hydroxylation sites is 1. The molecule has 0 heterocycles. The fourth-order valence-electron chi connectivity index (χ4n) is 1.77. The molecule has 5 heteroatoms. The highest BCUT2D eigenvalue weighted by atomic mass is 32.2. The van der Waals surface area contributed by atoms with Gasteiger partial charge in [0.1, 0.15) is 4.90 Å². The number of unbranched alkanes of at least 4 members (excludes halogenated alkanes) is 2. The van der Waals surface area contributed by atoms with Crippen molar-refractivity contribution in [3.63, 3.8) is 0 Å². The molecule has 0 saturated heterocycles. The van der Waals surface area contributed by atoms with Gasteiger partial charge in [-0.05, 0) is 25.0 Å². The lowest BCUT2D eigenvalue weighted by atomic mass is 10.3. The topological polar surface area (TPSA) is 58.2 Å². The Balaban J connectivity index is 2.76. The van der Waals surface area contributed by atoms with E-state index in [1.54, 1.807) is 18.2 Å². The third-order valence-electron chi connectivity index (χ3n) is 2.81. The molecule has 0 spiro atoms. The van der Waals surface area contributed by atoms with Crippen LogP contribution in [-0.4, -0.2) is 21.5 Å². The van der Waals surface area contributed by atoms with Crippen LogP contribution in [0.25, 0.3) is 0 Å². The van der Waals surface area contributed by atoms with Gasteiger partial charge in [-0.1, -0.05) is 38.8 Å². The van der Waals surface area contributed by atoms with E-state index in [1.807, 2.05) is 13.0 Å². The number of hydrogen-bond acceptors (Lipinski definition) is 3. The Morgan fingerprint density at radius 3 is 2.42 bits per heavy atom. The number of rotatable bonds is 9. The zero-order valence-electron chi connectivity index (χ0n) is 11.8. The maximum atomic E-state index is 12.2. The van der Waals surface area contributed by atoms with E-state index in [2.05, 4.69) is 17.0 Å². The highest BCUT2D eigenvalue weighted by Crippen LogP contribution is 2.20. The van der Waals surface area contributed by atoms with Gasteiger partial charge in [0.15, 0.2) is 0 Å². The monoisotopic (exact) mass is 284 g/mol. The number of anilines is 1. The Bertz CT molecular complexity index is 472. The molecule has 1 rings (SSSR count). The standard InChI is InChI=1S/C14H24N2O2S/c1-3-5-8-12-16-19(17,18)14-10-7-6-9-13(14)15-11-4-2/h6-7,9-10,15-16H,3-5,8,11-12H2,1-2H3. The third-order valence-corrected chi connectivity index (χ3v) is 4.33. The molecule has 2 N–H and O–H groups in total. The van der Waals surface area contributed by atoms with Crippen LogP contribution >= 0.6 is 0 Å². The maximum absolute atomic E-state index is 12.2. The molecule has 0 amide bonds. The molecule has 0 aromatic heterocycles. The minimum Gasteiger partial charge on any atom is -0.384 e. The molecule has 1 aromatic rings. The van der Waals surface area contributed by atoms with Gasteiger partial charge >= 0.3 is 0 Å². The molecule has 0 aliphatic rings. The van der Waals surface area contributed by atoms with Crippen LogP contribution in [0.4, 0.5) is 5.69 Å². The number of sulfonamides is 1. The predicted molar refractivity (Wildman–Crippen MR) is 79.9 cm³/mol. The summed E-state index contributed by atoms with van der Waals surface area (Å²) in [6, 6.07) is 7.03. The number of nitrogens with one attached hydrogen (secondary N) is 2. The van der Waals surface area contributed by atoms with Gasteiger partial charge in [-0.25, -0.2) is 13.1 Å². The molecule has 0 aliphatic heterocycles. The van der Waals surface area contributed by atoms with Gasteiger partial charge in [-0.3, -0.25) is 0 Å². The summed E-state index contributed by atoms with van der Waals surface area (Å²) < 4.78 is 27.1. The smallest absolute Gasteiger partial charge is 0.242 e. The van der Waals surface area contributed by atoms with Crippen LogP contribution in [0.5, 0.6) is 0 Å². The van der Waals surface area contributed by atoms with Crippen molar-refractivity contribution in [3.05, 3.63) is 24.3 Å². The summed E-state index contributed by atoms with van der Waals surface area (Å²) >= 11 is 0. The second-order valence-electron chi connectivity index (χ2n) is 4.53. The van der Waals surface area contributed by atoms with Crippen LogP contribution in [0.3, 0.4) is 0 Å². The fourth-order valence-corrected chi connectivity index (χ4v) is 3.02. The first kappa shape index (κ1) is 16.0. The van der Waals surface area contributed by atoms with Gasteiger partial charge in [-0.15, -0.1) is 0 Å². The van der Waals surface area contributed by atoms with E-state index in [0.29, 0.717) is 17.1 Å². The molecule has 0 bridgehead atoms. The van der Waals surface area contributed by atoms with Gasteiger partial charge in [0.05, 0.1) is 5.69 Å². The Kier molecular flexibility index (Phi) is 6.87. The van der Waals surface area contributed by atoms with Crippen LogP contribution in [-0.2, 0) is 10.0 Å². The number of benzene rings is 1. The Morgan fingerprint density at radius 1 is 1.00 bits per heavy atom. The molecule has 0 radical (unpaired) electrons. The molecule has 0 aliphatic carbocycles. The summed E-state index contributed by atoms with van der Waals surface area (Å²) in [6.07, 6.45) is 3.95. The van der Waals surface area contributed by atoms with E-state index in [1.165, 1.54) is 0 Å². The SMILES string of the molecule is CCCCCNS(=O)(=O)c1ccccc1NCCC. The summed E-state index contributed by atoms with van der Waals surface area (Å²) in [6.45, 7) is 5.41. The second kappa shape index (κ2) is 8.17. The first-order valence-corrected chi connectivity index (χ1v) is 8.42. The molecule has 0 fully saturated rings. The lowest BCUT2D eigenvalue weighted by Gasteiger charge is -2.12. The van der Waals surface area contributed by atoms with E-state index in [9.17, 15) is 8.42 Å². The quantitative estimate of drug-likeness (QED) is 0.685. The van der Waals surface area contributed by atoms with E-state index in [0.717, 1.165) is 32.2 Å². The van der Waals surface area contributed by atoms with E-state index in [-0.39, 0.29) is 0 Å². The van der Waals surface area contributed by atoms with Crippen LogP contribution in [0, 0.1) is 0 Å². The van der Waals surface area contributed by atoms with Crippen molar-refractivity contribution >= 4 is 15.7 Å². The number of hydrogen-bond donors (Lipinski definition) is 2. The largest absolute Gasteiger partial charge is 0.384 e. The highest BCUT2D eigenvalue weighted by Gasteiger charge is 2.16. The third kappa shape index (κ3) is 5.20. The van der Waals surface area contributed by atoms with Crippen LogP contribution in [0.15, 0.2) is 29.2 Å². The molecule has 0 saturated carbocycles. The predicted octanol–water partition coefficient (Wildman–Crippen LogP) is 2.98. The maximum Gasteiger partial charge on any atom is 0.242 e. The van der Waals surface area contributed by atoms with Crippen LogP contribution in [0.1, 0.15) is 39.5 Å². The Hall–Kier alpha value is -1.07. The second-order valence-corrected chi connectivity index (χ2v) is 6.26. The van der Waals surface area contributed by atoms with Gasteiger partial charge < -0.3 is 5.32 Å². The minimum atomic E-state index is -3.41. The van der Waals surface area contributed by atoms with E-state index in [4.69, 9.17) is 0 Å². The van der Waals surface area contributed by atoms with E-state index < -0.39 is 10.0 Å². The van der Waals surface area contributed by atoms with Crippen molar-refractivity contribution in [1.82, 2.24) is 4.72 Å². The molecular formula is C14H24N2O2S. The molecule has 0 unspecified atom stereocenters. The van der Waals surface area contributed by atoms with Gasteiger partial charge in [-0.2, -0.15) is 0 Å². The van der Waals surface area contributed by atoms with Crippen molar-refractivity contribution in [2.24, 2.45) is 0 Å². The minimum absolute atomic E-state index is 0.333. The first-order valence-electron chi connectivity index (χ1n) is 6.94. The van der Waals surface area contributed by atoms with Gasteiger partial charge in [0, 0.05) is 13.1 Å². The summed E-state index contributed by atoms with van der Waals surface area (Å²) in [5, 5.41) is 3.15. The normalized spacial score (nSPS) is 11.5. The zero-order chi connectivity index (χ0) is 14.1. The molecule has 4 nitrogen and oxygen atoms in total. The van der Waals surface area contributed by atoms with E-state index >= 15 is 0 Å². The average Bonchev–Trinajstić information content (AvgIpc) is 2.41. The molecular weight excluding hydrogens is 260 g/mol. The molecule has 108 valence electrons. The van der Waals surface area contributed by atoms with Crippen LogP contribution < -0.4 is 10.0 Å². The summed E-state index contributed by atoms with van der Waals surface area (Å²) in [4.78, 5) is 0.333. The highest BCUT2D eigenvalue weighted by molar-refractivity contribution is 7.89. The average molecular weight is 284 g/mol. The van der Waals surface area contributed by atoms with Crippen molar-refractivity contribution < 1.29 is 8.42 Å². The summed E-state index contributed by atoms with van der Waals surface area (Å²) in [5.41, 5.74) is 0.673. The lowest BCUT2D eigenvalue weighted by Crippen LogP contribution is -2.25. The first-order chi connectivity index (χ1) is 9.11. The summed E-state index contributed by atoms with van der Waals surface area (Å²) in [5.74, 6) is 0. The van der Waals surface area contributed by atoms with Crippen molar-refractivity contribution in [3.8, 4) is 0 Å². The Labute approximate surface area is 116 Å². The van der Waals surface area contributed by atoms with Gasteiger partial charge in [0.2, 0.25) is 10.0 Å². The van der Waals surface area contributed by atoms with Crippen molar-refractivity contribution in [1.29, 1.82) is 0 Å². The van der Waals surface area contributed by atoms with Crippen LogP contribution in [0.2, 0.25) is 0 Å². The van der Waals surface area contributed by atoms with Gasteiger partial charge in [0.25, 0.3) is 0 Å². The zero-order valence-corrected chi connectivity index (χ0v) is 12.6. The molecule has 0 atom stereocenters.